The quantitative estimate of drug-likeness (QED) is 0.516. The molecule has 0 aromatic rings. The minimum atomic E-state index is -0.975. The van der Waals surface area contributed by atoms with Crippen molar-refractivity contribution in [3.63, 3.8) is 0 Å². The summed E-state index contributed by atoms with van der Waals surface area (Å²) < 4.78 is 11.7. The maximum absolute atomic E-state index is 11.7. The van der Waals surface area contributed by atoms with E-state index in [9.17, 15) is 9.18 Å². The Morgan fingerprint density at radius 2 is 2.29 bits per heavy atom. The fraction of sp³-hybridized carbons (Fsp3) is 0.800. The molecule has 1 unspecified atom stereocenters. The van der Waals surface area contributed by atoms with Crippen molar-refractivity contribution in [2.75, 3.05) is 0 Å². The predicted octanol–water partition coefficient (Wildman–Crippen LogP) is 1.32. The number of carbonyl (C=O) groups is 1. The van der Waals surface area contributed by atoms with E-state index >= 15 is 0 Å². The molecule has 0 heterocycles. The van der Waals surface area contributed by atoms with Crippen LogP contribution in [0.15, 0.2) is 0 Å². The fourth-order valence-electron chi connectivity index (χ4n) is 0.396. The van der Waals surface area contributed by atoms with Gasteiger partial charge in [0, 0.05) is 6.42 Å². The minimum Gasteiger partial charge on any atom is -0.300 e. The van der Waals surface area contributed by atoms with Gasteiger partial charge in [-0.1, -0.05) is 0 Å². The number of hydrogen-bond acceptors (Lipinski definition) is 1. The molecule has 0 aliphatic rings. The van der Waals surface area contributed by atoms with Crippen LogP contribution in [0.1, 0.15) is 20.3 Å². The maximum atomic E-state index is 11.7. The van der Waals surface area contributed by atoms with Crippen molar-refractivity contribution >= 4 is 5.78 Å². The molecular weight excluding hydrogens is 95.1 g/mol. The van der Waals surface area contributed by atoms with E-state index in [0.29, 0.717) is 0 Å². The van der Waals surface area contributed by atoms with Crippen molar-refractivity contribution < 1.29 is 9.18 Å². The number of rotatable bonds is 2. The summed E-state index contributed by atoms with van der Waals surface area (Å²) in [5.74, 6) is -0.0880. The average Bonchev–Trinajstić information content (AvgIpc) is 1.27. The number of halogens is 1. The molecular formula is C5H9FO. The van der Waals surface area contributed by atoms with Gasteiger partial charge in [-0.15, -0.1) is 0 Å². The number of carbonyl (C=O) groups excluding carboxylic acids is 1. The SMILES string of the molecule is CC(=O)CC(C)F. The number of hydrogen-bond donors (Lipinski definition) is 0. The highest BCUT2D eigenvalue weighted by Crippen LogP contribution is 1.94. The molecule has 2 heteroatoms. The van der Waals surface area contributed by atoms with Crippen LogP contribution < -0.4 is 0 Å². The molecule has 0 aromatic heterocycles. The summed E-state index contributed by atoms with van der Waals surface area (Å²) in [6.07, 6.45) is -0.919. The lowest BCUT2D eigenvalue weighted by atomic mass is 10.2. The number of alkyl halides is 1. The molecule has 1 nitrogen and oxygen atoms in total. The van der Waals surface area contributed by atoms with Gasteiger partial charge in [0.05, 0.1) is 0 Å². The number of Topliss-reactive ketones (excluding diaryl/α,β-unsaturated/α-hetero) is 1. The second-order valence-electron chi connectivity index (χ2n) is 1.69. The van der Waals surface area contributed by atoms with Gasteiger partial charge in [-0.3, -0.25) is 4.79 Å². The summed E-state index contributed by atoms with van der Waals surface area (Å²) in [6, 6.07) is 0. The van der Waals surface area contributed by atoms with Gasteiger partial charge in [-0.25, -0.2) is 4.39 Å². The minimum absolute atomic E-state index is 0.0556. The molecule has 0 radical (unpaired) electrons. The lowest BCUT2D eigenvalue weighted by molar-refractivity contribution is -0.117. The first kappa shape index (κ1) is 6.60. The highest BCUT2D eigenvalue weighted by Gasteiger charge is 1.99. The van der Waals surface area contributed by atoms with E-state index in [2.05, 4.69) is 0 Å². The van der Waals surface area contributed by atoms with Crippen molar-refractivity contribution in [3.8, 4) is 0 Å². The van der Waals surface area contributed by atoms with E-state index < -0.39 is 6.17 Å². The Hall–Kier alpha value is -0.400. The summed E-state index contributed by atoms with van der Waals surface area (Å²) in [5, 5.41) is 0. The molecule has 0 amide bonds. The van der Waals surface area contributed by atoms with Gasteiger partial charge in [0.2, 0.25) is 0 Å². The van der Waals surface area contributed by atoms with Crippen LogP contribution in [0, 0.1) is 0 Å². The van der Waals surface area contributed by atoms with Crippen molar-refractivity contribution in [1.29, 1.82) is 0 Å². The zero-order valence-electron chi connectivity index (χ0n) is 4.57. The molecule has 0 saturated carbocycles. The van der Waals surface area contributed by atoms with Crippen molar-refractivity contribution in [3.05, 3.63) is 0 Å². The van der Waals surface area contributed by atoms with Crippen molar-refractivity contribution in [2.45, 2.75) is 26.4 Å². The summed E-state index contributed by atoms with van der Waals surface area (Å²) in [7, 11) is 0. The third kappa shape index (κ3) is 5.60. The van der Waals surface area contributed by atoms with Crippen molar-refractivity contribution in [2.24, 2.45) is 0 Å². The van der Waals surface area contributed by atoms with Gasteiger partial charge >= 0.3 is 0 Å². The van der Waals surface area contributed by atoms with Crippen LogP contribution in [0.2, 0.25) is 0 Å². The molecule has 0 spiro atoms. The summed E-state index contributed by atoms with van der Waals surface area (Å²) in [4.78, 5) is 10.0. The van der Waals surface area contributed by atoms with E-state index in [0.717, 1.165) is 0 Å². The first-order valence-electron chi connectivity index (χ1n) is 2.26. The van der Waals surface area contributed by atoms with Crippen LogP contribution >= 0.6 is 0 Å². The summed E-state index contributed by atoms with van der Waals surface area (Å²) in [6.45, 7) is 2.76. The first-order valence-corrected chi connectivity index (χ1v) is 2.26. The molecule has 0 fully saturated rings. The molecule has 0 rings (SSSR count). The molecule has 0 N–H and O–H groups in total. The Kier molecular flexibility index (Phi) is 2.56. The van der Waals surface area contributed by atoms with Gasteiger partial charge in [0.15, 0.2) is 0 Å². The monoisotopic (exact) mass is 104 g/mol. The Balaban J connectivity index is 3.13. The molecule has 1 atom stereocenters. The largest absolute Gasteiger partial charge is 0.300 e. The molecule has 0 aliphatic heterocycles. The van der Waals surface area contributed by atoms with Gasteiger partial charge < -0.3 is 0 Å². The zero-order chi connectivity index (χ0) is 5.86. The van der Waals surface area contributed by atoms with E-state index in [4.69, 9.17) is 0 Å². The van der Waals surface area contributed by atoms with Crippen LogP contribution in [0.3, 0.4) is 0 Å². The van der Waals surface area contributed by atoms with Crippen LogP contribution in [0.5, 0.6) is 0 Å². The number of ketones is 1. The Morgan fingerprint density at radius 1 is 1.86 bits per heavy atom. The molecule has 0 saturated heterocycles. The van der Waals surface area contributed by atoms with E-state index in [1.807, 2.05) is 0 Å². The Labute approximate surface area is 42.5 Å². The van der Waals surface area contributed by atoms with E-state index in [1.165, 1.54) is 13.8 Å². The second-order valence-corrected chi connectivity index (χ2v) is 1.69. The summed E-state index contributed by atoms with van der Waals surface area (Å²) in [5.41, 5.74) is 0. The zero-order valence-corrected chi connectivity index (χ0v) is 4.57. The Bertz CT molecular complexity index is 68.5. The van der Waals surface area contributed by atoms with Gasteiger partial charge in [-0.2, -0.15) is 0 Å². The van der Waals surface area contributed by atoms with Crippen LogP contribution in [-0.4, -0.2) is 12.0 Å². The molecule has 0 bridgehead atoms. The lowest BCUT2D eigenvalue weighted by Gasteiger charge is -1.91. The molecule has 7 heavy (non-hydrogen) atoms. The third-order valence-corrected chi connectivity index (χ3v) is 0.569. The second kappa shape index (κ2) is 2.72. The van der Waals surface area contributed by atoms with E-state index in [-0.39, 0.29) is 12.2 Å². The first-order chi connectivity index (χ1) is 3.13. The molecule has 0 aliphatic carbocycles. The van der Waals surface area contributed by atoms with Gasteiger partial charge in [0.1, 0.15) is 12.0 Å². The van der Waals surface area contributed by atoms with Crippen LogP contribution in [0.25, 0.3) is 0 Å². The summed E-state index contributed by atoms with van der Waals surface area (Å²) >= 11 is 0. The third-order valence-electron chi connectivity index (χ3n) is 0.569. The van der Waals surface area contributed by atoms with Crippen LogP contribution in [-0.2, 0) is 4.79 Å². The maximum Gasteiger partial charge on any atom is 0.132 e. The highest BCUT2D eigenvalue weighted by atomic mass is 19.1. The van der Waals surface area contributed by atoms with Crippen molar-refractivity contribution in [1.82, 2.24) is 0 Å². The Morgan fingerprint density at radius 3 is 2.29 bits per heavy atom. The molecule has 0 aromatic carbocycles. The normalized spacial score (nSPS) is 13.6. The fourth-order valence-corrected chi connectivity index (χ4v) is 0.396. The van der Waals surface area contributed by atoms with Gasteiger partial charge in [0.25, 0.3) is 0 Å². The highest BCUT2D eigenvalue weighted by molar-refractivity contribution is 5.75. The van der Waals surface area contributed by atoms with E-state index in [1.54, 1.807) is 0 Å². The standard InChI is InChI=1S/C5H9FO/c1-4(6)3-5(2)7/h4H,3H2,1-2H3. The average molecular weight is 104 g/mol. The lowest BCUT2D eigenvalue weighted by Crippen LogP contribution is -1.99. The van der Waals surface area contributed by atoms with Gasteiger partial charge in [-0.05, 0) is 13.8 Å². The molecule has 42 valence electrons. The topological polar surface area (TPSA) is 17.1 Å². The predicted molar refractivity (Wildman–Crippen MR) is 25.9 cm³/mol. The van der Waals surface area contributed by atoms with Crippen LogP contribution in [0.4, 0.5) is 4.39 Å². The smallest absolute Gasteiger partial charge is 0.132 e.